The van der Waals surface area contributed by atoms with Crippen molar-refractivity contribution in [1.82, 2.24) is 25.3 Å². The number of para-hydroxylation sites is 1. The molecule has 2 atom stereocenters. The molecule has 0 spiro atoms. The molecule has 2 aliphatic rings. The van der Waals surface area contributed by atoms with Crippen molar-refractivity contribution in [2.45, 2.75) is 31.6 Å². The number of likely N-dealkylation sites (N-methyl/N-ethyl adjacent to an activating group) is 2. The van der Waals surface area contributed by atoms with Crippen molar-refractivity contribution < 1.29 is 27.6 Å². The lowest BCUT2D eigenvalue weighted by Gasteiger charge is -2.38. The molecule has 0 radical (unpaired) electrons. The van der Waals surface area contributed by atoms with Crippen molar-refractivity contribution in [3.63, 3.8) is 0 Å². The molecular formula is C35H33F3N6O3. The number of carbonyl (C=O) groups excluding carboxylic acids is 3. The predicted molar refractivity (Wildman–Crippen MR) is 170 cm³/mol. The first-order valence-corrected chi connectivity index (χ1v) is 15.2. The molecule has 2 N–H and O–H groups in total. The van der Waals surface area contributed by atoms with E-state index in [-0.39, 0.29) is 24.6 Å². The van der Waals surface area contributed by atoms with E-state index in [0.29, 0.717) is 35.6 Å². The van der Waals surface area contributed by atoms with Gasteiger partial charge in [-0.25, -0.2) is 4.68 Å². The number of benzene rings is 3. The Bertz CT molecular complexity index is 1850. The Kier molecular flexibility index (Phi) is 8.69. The predicted octanol–water partition coefficient (Wildman–Crippen LogP) is 4.68. The zero-order valence-corrected chi connectivity index (χ0v) is 25.8. The number of nitrogens with one attached hydrogen (secondary N) is 2. The minimum atomic E-state index is -4.64. The second-order valence-corrected chi connectivity index (χ2v) is 11.6. The normalized spacial score (nSPS) is 18.1. The average molecular weight is 643 g/mol. The van der Waals surface area contributed by atoms with Crippen LogP contribution in [0.2, 0.25) is 0 Å². The average Bonchev–Trinajstić information content (AvgIpc) is 3.71. The molecule has 47 heavy (non-hydrogen) atoms. The number of hydrogen-bond donors (Lipinski definition) is 2. The number of rotatable bonds is 8. The fraction of sp³-hybridized carbons (Fsp3) is 0.257. The Morgan fingerprint density at radius 3 is 2.45 bits per heavy atom. The van der Waals surface area contributed by atoms with Crippen molar-refractivity contribution in [1.29, 1.82) is 0 Å². The molecule has 0 unspecified atom stereocenters. The van der Waals surface area contributed by atoms with Gasteiger partial charge in [0, 0.05) is 48.8 Å². The van der Waals surface area contributed by atoms with Gasteiger partial charge in [0.2, 0.25) is 5.91 Å². The van der Waals surface area contributed by atoms with Gasteiger partial charge in [0.1, 0.15) is 11.9 Å². The van der Waals surface area contributed by atoms with Crippen molar-refractivity contribution >= 4 is 23.5 Å². The van der Waals surface area contributed by atoms with Crippen LogP contribution in [0.1, 0.15) is 45.5 Å². The monoisotopic (exact) mass is 642 g/mol. The quantitative estimate of drug-likeness (QED) is 0.291. The molecule has 4 aromatic rings. The number of carbonyl (C=O) groups is 3. The lowest BCUT2D eigenvalue weighted by Crippen LogP contribution is -2.55. The van der Waals surface area contributed by atoms with E-state index in [1.54, 1.807) is 17.8 Å². The fourth-order valence-corrected chi connectivity index (χ4v) is 6.12. The molecule has 0 aliphatic carbocycles. The molecule has 2 aliphatic heterocycles. The van der Waals surface area contributed by atoms with Gasteiger partial charge in [-0.2, -0.15) is 18.3 Å². The van der Waals surface area contributed by atoms with Crippen LogP contribution in [-0.2, 0) is 22.3 Å². The molecule has 3 heterocycles. The number of aromatic nitrogens is 2. The summed E-state index contributed by atoms with van der Waals surface area (Å²) in [5.41, 5.74) is 2.34. The number of alkyl halides is 3. The zero-order valence-electron chi connectivity index (χ0n) is 25.8. The van der Waals surface area contributed by atoms with E-state index in [1.165, 1.54) is 11.0 Å². The van der Waals surface area contributed by atoms with Crippen LogP contribution >= 0.6 is 0 Å². The number of hydrogen-bond acceptors (Lipinski definition) is 5. The Hall–Kier alpha value is -5.23. The second-order valence-electron chi connectivity index (χ2n) is 11.6. The highest BCUT2D eigenvalue weighted by molar-refractivity contribution is 6.05. The first-order valence-electron chi connectivity index (χ1n) is 15.2. The van der Waals surface area contributed by atoms with Crippen molar-refractivity contribution in [3.8, 4) is 5.69 Å². The van der Waals surface area contributed by atoms with E-state index in [1.807, 2.05) is 72.6 Å². The maximum absolute atomic E-state index is 14.3. The van der Waals surface area contributed by atoms with Crippen LogP contribution in [0.15, 0.2) is 96.7 Å². The number of amides is 3. The fourth-order valence-electron chi connectivity index (χ4n) is 6.12. The van der Waals surface area contributed by atoms with Crippen molar-refractivity contribution in [3.05, 3.63) is 125 Å². The summed E-state index contributed by atoms with van der Waals surface area (Å²) < 4.78 is 42.1. The number of halogens is 3. The summed E-state index contributed by atoms with van der Waals surface area (Å²) in [4.78, 5) is 44.1. The third kappa shape index (κ3) is 6.41. The minimum absolute atomic E-state index is 0.163. The Morgan fingerprint density at radius 1 is 0.979 bits per heavy atom. The van der Waals surface area contributed by atoms with Gasteiger partial charge in [0.05, 0.1) is 17.4 Å². The van der Waals surface area contributed by atoms with Crippen LogP contribution in [0.5, 0.6) is 0 Å². The van der Waals surface area contributed by atoms with Crippen LogP contribution in [0, 0.1) is 0 Å². The summed E-state index contributed by atoms with van der Waals surface area (Å²) >= 11 is 0. The molecule has 0 saturated carbocycles. The molecule has 242 valence electrons. The molecule has 3 amide bonds. The maximum Gasteiger partial charge on any atom is 0.416 e. The second kappa shape index (κ2) is 12.9. The third-order valence-electron chi connectivity index (χ3n) is 8.43. The minimum Gasteiger partial charge on any atom is -0.348 e. The molecule has 1 aromatic heterocycles. The van der Waals surface area contributed by atoms with E-state index < -0.39 is 35.5 Å². The molecule has 0 saturated heterocycles. The van der Waals surface area contributed by atoms with Crippen LogP contribution in [0.25, 0.3) is 5.69 Å². The highest BCUT2D eigenvalue weighted by Gasteiger charge is 2.44. The van der Waals surface area contributed by atoms with Gasteiger partial charge in [-0.15, -0.1) is 0 Å². The maximum atomic E-state index is 14.3. The highest BCUT2D eigenvalue weighted by Crippen LogP contribution is 2.41. The highest BCUT2D eigenvalue weighted by atomic mass is 19.4. The summed E-state index contributed by atoms with van der Waals surface area (Å²) in [5, 5.41) is 10.4. The molecule has 9 nitrogen and oxygen atoms in total. The van der Waals surface area contributed by atoms with Gasteiger partial charge in [0.25, 0.3) is 11.8 Å². The van der Waals surface area contributed by atoms with Gasteiger partial charge < -0.3 is 10.6 Å². The molecule has 3 aromatic carbocycles. The molecule has 0 bridgehead atoms. The van der Waals surface area contributed by atoms with E-state index in [2.05, 4.69) is 15.7 Å². The first-order chi connectivity index (χ1) is 22.5. The molecule has 0 fully saturated rings. The lowest BCUT2D eigenvalue weighted by molar-refractivity contribution is -0.137. The largest absolute Gasteiger partial charge is 0.416 e. The summed E-state index contributed by atoms with van der Waals surface area (Å²) in [6.45, 7) is 3.55. The summed E-state index contributed by atoms with van der Waals surface area (Å²) in [7, 11) is 1.93. The molecular weight excluding hydrogens is 609 g/mol. The Balaban J connectivity index is 1.39. The zero-order chi connectivity index (χ0) is 33.3. The SMILES string of the molecule is CCN1C(=O)[C@H](NC(=O)c2cccc(C(F)(F)F)c2)[C@@H](c2cccc(CNC(=O)C3=CCN(C)C3)c2)c2cnn(-c3ccccc3)c21. The summed E-state index contributed by atoms with van der Waals surface area (Å²) in [5.74, 6) is -1.61. The summed E-state index contributed by atoms with van der Waals surface area (Å²) in [6, 6.07) is 19.6. The van der Waals surface area contributed by atoms with Crippen molar-refractivity contribution in [2.24, 2.45) is 0 Å². The van der Waals surface area contributed by atoms with E-state index in [0.717, 1.165) is 29.4 Å². The smallest absolute Gasteiger partial charge is 0.348 e. The van der Waals surface area contributed by atoms with Gasteiger partial charge >= 0.3 is 6.18 Å². The molecule has 12 heteroatoms. The van der Waals surface area contributed by atoms with Gasteiger partial charge in [-0.05, 0) is 55.4 Å². The lowest BCUT2D eigenvalue weighted by atomic mass is 9.81. The number of fused-ring (bicyclic) bond motifs is 1. The standard InChI is InChI=1S/C35H33F3N6O3/c1-3-43-33-28(20-40-44(33)27-13-5-4-6-14-27)29(23-10-7-9-22(17-23)19-39-31(45)25-15-16-42(2)21-25)30(34(43)47)41-32(46)24-11-8-12-26(18-24)35(36,37)38/h4-15,17-18,20,29-30H,3,16,19,21H2,1-2H3,(H,39,45)(H,41,46)/t29-,30+/m0/s1. The Labute approximate surface area is 269 Å². The van der Waals surface area contributed by atoms with Gasteiger partial charge in [-0.3, -0.25) is 24.2 Å². The van der Waals surface area contributed by atoms with Gasteiger partial charge in [0.15, 0.2) is 0 Å². The number of anilines is 1. The molecule has 6 rings (SSSR count). The van der Waals surface area contributed by atoms with Crippen molar-refractivity contribution in [2.75, 3.05) is 31.6 Å². The van der Waals surface area contributed by atoms with Crippen LogP contribution in [0.4, 0.5) is 19.0 Å². The topological polar surface area (TPSA) is 99.6 Å². The summed E-state index contributed by atoms with van der Waals surface area (Å²) in [6.07, 6.45) is -1.09. The third-order valence-corrected chi connectivity index (χ3v) is 8.43. The van der Waals surface area contributed by atoms with E-state index in [4.69, 9.17) is 0 Å². The van der Waals surface area contributed by atoms with Crippen LogP contribution < -0.4 is 15.5 Å². The van der Waals surface area contributed by atoms with E-state index >= 15 is 0 Å². The Morgan fingerprint density at radius 2 is 1.74 bits per heavy atom. The van der Waals surface area contributed by atoms with E-state index in [9.17, 15) is 27.6 Å². The first kappa shape index (κ1) is 31.7. The number of nitrogens with zero attached hydrogens (tertiary/aromatic N) is 4. The van der Waals surface area contributed by atoms with Crippen LogP contribution in [-0.4, -0.2) is 65.1 Å². The van der Waals surface area contributed by atoms with Gasteiger partial charge in [-0.1, -0.05) is 54.6 Å². The van der Waals surface area contributed by atoms with Crippen LogP contribution in [0.3, 0.4) is 0 Å².